The highest BCUT2D eigenvalue weighted by molar-refractivity contribution is 6.13. The van der Waals surface area contributed by atoms with Crippen LogP contribution < -0.4 is 0 Å². The number of benzene rings is 6. The van der Waals surface area contributed by atoms with Crippen molar-refractivity contribution in [2.45, 2.75) is 39.0 Å². The van der Waals surface area contributed by atoms with Gasteiger partial charge >= 0.3 is 0 Å². The van der Waals surface area contributed by atoms with Crippen molar-refractivity contribution in [3.05, 3.63) is 157 Å². The zero-order valence-corrected chi connectivity index (χ0v) is 29.1. The minimum atomic E-state index is 0.0522. The van der Waals surface area contributed by atoms with Crippen molar-refractivity contribution < 1.29 is 0 Å². The third-order valence-electron chi connectivity index (χ3n) is 11.0. The van der Waals surface area contributed by atoms with Gasteiger partial charge in [0.2, 0.25) is 0 Å². The maximum Gasteiger partial charge on any atom is 0.139 e. The first-order valence-corrected chi connectivity index (χ1v) is 18.0. The molecule has 0 saturated carbocycles. The van der Waals surface area contributed by atoms with Gasteiger partial charge in [-0.05, 0) is 72.0 Å². The smallest absolute Gasteiger partial charge is 0.139 e. The Labute approximate surface area is 296 Å². The van der Waals surface area contributed by atoms with Crippen molar-refractivity contribution in [3.8, 4) is 17.2 Å². The van der Waals surface area contributed by atoms with Gasteiger partial charge in [-0.25, -0.2) is 4.98 Å². The topological polar surface area (TPSA) is 27.7 Å². The lowest BCUT2D eigenvalue weighted by molar-refractivity contribution is 0.473. The lowest BCUT2D eigenvalue weighted by Gasteiger charge is -2.25. The molecule has 0 N–H and O–H groups in total. The molecule has 0 spiro atoms. The minimum absolute atomic E-state index is 0.0522. The minimum Gasteiger partial charge on any atom is -0.309 e. The van der Waals surface area contributed by atoms with E-state index < -0.39 is 0 Å². The lowest BCUT2D eigenvalue weighted by Crippen LogP contribution is -2.16. The Kier molecular flexibility index (Phi) is 6.53. The number of rotatable bonds is 6. The van der Waals surface area contributed by atoms with Gasteiger partial charge in [-0.3, -0.25) is 4.57 Å². The molecule has 6 aromatic carbocycles. The maximum absolute atomic E-state index is 5.08. The van der Waals surface area contributed by atoms with Gasteiger partial charge in [0.05, 0.1) is 38.8 Å². The van der Waals surface area contributed by atoms with Crippen molar-refractivity contribution in [3.63, 3.8) is 0 Å². The molecule has 0 aliphatic rings. The van der Waals surface area contributed by atoms with E-state index in [0.29, 0.717) is 0 Å². The molecule has 0 aliphatic heterocycles. The molecule has 10 rings (SSSR count). The van der Waals surface area contributed by atoms with Gasteiger partial charge in [-0.2, -0.15) is 0 Å². The molecule has 0 unspecified atom stereocenters. The van der Waals surface area contributed by atoms with Crippen LogP contribution >= 0.6 is 0 Å². The summed E-state index contributed by atoms with van der Waals surface area (Å²) in [5, 5.41) is 7.49. The number of hydrogen-bond acceptors (Lipinski definition) is 1. The number of hydrogen-bond donors (Lipinski definition) is 0. The molecule has 4 heterocycles. The van der Waals surface area contributed by atoms with Crippen molar-refractivity contribution in [2.75, 3.05) is 0 Å². The summed E-state index contributed by atoms with van der Waals surface area (Å²) in [6.45, 7) is 7.01. The third-order valence-corrected chi connectivity index (χ3v) is 11.0. The van der Waals surface area contributed by atoms with E-state index in [1.54, 1.807) is 0 Å². The lowest BCUT2D eigenvalue weighted by atomic mass is 9.80. The van der Waals surface area contributed by atoms with Crippen LogP contribution in [0.15, 0.2) is 152 Å². The molecule has 0 aliphatic carbocycles. The Bertz CT molecular complexity index is 2860. The van der Waals surface area contributed by atoms with Crippen LogP contribution in [0.2, 0.25) is 0 Å². The Balaban J connectivity index is 1.25. The van der Waals surface area contributed by atoms with E-state index in [4.69, 9.17) is 4.98 Å². The fraction of sp³-hybridized carbons (Fsp3) is 0.128. The van der Waals surface area contributed by atoms with Gasteiger partial charge in [0.1, 0.15) is 5.82 Å². The Morgan fingerprint density at radius 2 is 0.941 bits per heavy atom. The van der Waals surface area contributed by atoms with Crippen LogP contribution in [0.5, 0.6) is 0 Å². The predicted molar refractivity (Wildman–Crippen MR) is 215 cm³/mol. The fourth-order valence-corrected chi connectivity index (χ4v) is 8.66. The Hall–Kier alpha value is -6.13. The molecule has 0 amide bonds. The van der Waals surface area contributed by atoms with E-state index >= 15 is 0 Å². The van der Waals surface area contributed by atoms with E-state index in [1.807, 2.05) is 6.20 Å². The number of pyridine rings is 1. The molecular formula is C47H38N4. The number of para-hydroxylation sites is 4. The molecule has 4 heteroatoms. The van der Waals surface area contributed by atoms with Crippen LogP contribution in [0.25, 0.3) is 82.6 Å². The highest BCUT2D eigenvalue weighted by Gasteiger charge is 2.23. The summed E-state index contributed by atoms with van der Waals surface area (Å²) in [4.78, 5) is 5.08. The normalized spacial score (nSPS) is 12.4. The molecule has 246 valence electrons. The van der Waals surface area contributed by atoms with Crippen molar-refractivity contribution >= 4 is 65.4 Å². The molecule has 0 bridgehead atoms. The van der Waals surface area contributed by atoms with Gasteiger partial charge in [-0.15, -0.1) is 0 Å². The first-order chi connectivity index (χ1) is 25.0. The van der Waals surface area contributed by atoms with Crippen LogP contribution in [0.4, 0.5) is 0 Å². The molecule has 10 aromatic rings. The van der Waals surface area contributed by atoms with Gasteiger partial charge < -0.3 is 9.13 Å². The third kappa shape index (κ3) is 4.42. The van der Waals surface area contributed by atoms with Gasteiger partial charge in [0.25, 0.3) is 0 Å². The average Bonchev–Trinajstić information content (AvgIpc) is 3.80. The second kappa shape index (κ2) is 11.2. The summed E-state index contributed by atoms with van der Waals surface area (Å²) < 4.78 is 7.16. The van der Waals surface area contributed by atoms with Gasteiger partial charge in [-0.1, -0.05) is 112 Å². The zero-order valence-electron chi connectivity index (χ0n) is 29.1. The molecule has 0 radical (unpaired) electrons. The van der Waals surface area contributed by atoms with Crippen molar-refractivity contribution in [1.82, 2.24) is 18.7 Å². The van der Waals surface area contributed by atoms with E-state index in [0.717, 1.165) is 35.6 Å². The zero-order chi connectivity index (χ0) is 34.3. The molecular weight excluding hydrogens is 621 g/mol. The molecule has 51 heavy (non-hydrogen) atoms. The van der Waals surface area contributed by atoms with Crippen molar-refractivity contribution in [2.24, 2.45) is 0 Å². The standard InChI is InChI=1S/C47H38N4/c1-4-26-47(2,3)31-21-23-38-39-29-32(49-40-17-9-5-13-34(40)35-14-6-10-18-41(35)49)22-24-44(39)51(45(38)28-31)46-30-33(25-27-48-46)50-42-19-11-7-15-36(42)37-16-8-12-20-43(37)50/h5-25,27-30H,4,26H2,1-3H3. The molecule has 4 aromatic heterocycles. The van der Waals surface area contributed by atoms with Crippen LogP contribution in [-0.2, 0) is 5.41 Å². The summed E-state index contributed by atoms with van der Waals surface area (Å²) >= 11 is 0. The second-order valence-electron chi connectivity index (χ2n) is 14.5. The number of aromatic nitrogens is 4. The first kappa shape index (κ1) is 29.8. The van der Waals surface area contributed by atoms with E-state index in [1.165, 1.54) is 65.5 Å². The summed E-state index contributed by atoms with van der Waals surface area (Å²) in [5.41, 5.74) is 10.8. The SMILES string of the molecule is CCCC(C)(C)c1ccc2c3cc(-n4c5ccccc5c5ccccc54)ccc3n(-c3cc(-n4c5ccccc5c5ccccc54)ccn3)c2c1. The highest BCUT2D eigenvalue weighted by atomic mass is 15.1. The van der Waals surface area contributed by atoms with Crippen LogP contribution in [0.1, 0.15) is 39.2 Å². The van der Waals surface area contributed by atoms with Gasteiger partial charge in [0.15, 0.2) is 0 Å². The first-order valence-electron chi connectivity index (χ1n) is 18.0. The largest absolute Gasteiger partial charge is 0.309 e. The quantitative estimate of drug-likeness (QED) is 0.175. The Morgan fingerprint density at radius 1 is 0.451 bits per heavy atom. The summed E-state index contributed by atoms with van der Waals surface area (Å²) in [5.74, 6) is 0.907. The molecule has 0 fully saturated rings. The number of fused-ring (bicyclic) bond motifs is 9. The predicted octanol–water partition coefficient (Wildman–Crippen LogP) is 12.5. The molecule has 4 nitrogen and oxygen atoms in total. The van der Waals surface area contributed by atoms with E-state index in [-0.39, 0.29) is 5.41 Å². The van der Waals surface area contributed by atoms with Gasteiger partial charge in [0, 0.05) is 50.3 Å². The molecule has 0 saturated heterocycles. The second-order valence-corrected chi connectivity index (χ2v) is 14.5. The molecule has 0 atom stereocenters. The average molecular weight is 659 g/mol. The van der Waals surface area contributed by atoms with Crippen LogP contribution in [-0.4, -0.2) is 18.7 Å². The van der Waals surface area contributed by atoms with Crippen LogP contribution in [0.3, 0.4) is 0 Å². The van der Waals surface area contributed by atoms with Crippen LogP contribution in [0, 0.1) is 0 Å². The summed E-state index contributed by atoms with van der Waals surface area (Å²) in [7, 11) is 0. The summed E-state index contributed by atoms with van der Waals surface area (Å²) in [6.07, 6.45) is 4.22. The maximum atomic E-state index is 5.08. The van der Waals surface area contributed by atoms with E-state index in [2.05, 4.69) is 180 Å². The number of nitrogens with zero attached hydrogens (tertiary/aromatic N) is 4. The Morgan fingerprint density at radius 3 is 1.49 bits per heavy atom. The highest BCUT2D eigenvalue weighted by Crippen LogP contribution is 2.40. The fourth-order valence-electron chi connectivity index (χ4n) is 8.66. The van der Waals surface area contributed by atoms with Crippen molar-refractivity contribution in [1.29, 1.82) is 0 Å². The monoisotopic (exact) mass is 658 g/mol. The summed E-state index contributed by atoms with van der Waals surface area (Å²) in [6, 6.07) is 53.3. The van der Waals surface area contributed by atoms with E-state index in [9.17, 15) is 0 Å².